The summed E-state index contributed by atoms with van der Waals surface area (Å²) in [5, 5.41) is 8.81. The Morgan fingerprint density at radius 3 is 2.51 bits per heavy atom. The lowest BCUT2D eigenvalue weighted by molar-refractivity contribution is -0.274. The van der Waals surface area contributed by atoms with Gasteiger partial charge in [0.25, 0.3) is 0 Å². The molecular weight excluding hydrogens is 625 g/mol. The summed E-state index contributed by atoms with van der Waals surface area (Å²) in [5.74, 6) is 1.28. The summed E-state index contributed by atoms with van der Waals surface area (Å²) in [4.78, 5) is 23.9. The zero-order valence-corrected chi connectivity index (χ0v) is 26.5. The first kappa shape index (κ1) is 32.4. The van der Waals surface area contributed by atoms with Gasteiger partial charge in [-0.15, -0.1) is 18.3 Å². The van der Waals surface area contributed by atoms with Crippen molar-refractivity contribution in [2.75, 3.05) is 17.2 Å². The molecule has 0 aliphatic carbocycles. The number of carbonyl (C=O) groups excluding carboxylic acids is 1. The Balaban J connectivity index is 1.21. The highest BCUT2D eigenvalue weighted by Crippen LogP contribution is 2.35. The van der Waals surface area contributed by atoms with Crippen LogP contribution in [0.25, 0.3) is 17.1 Å². The highest BCUT2D eigenvalue weighted by atomic mass is 35.5. The van der Waals surface area contributed by atoms with Gasteiger partial charge in [-0.3, -0.25) is 0 Å². The molecule has 0 radical (unpaired) electrons. The van der Waals surface area contributed by atoms with Gasteiger partial charge in [-0.05, 0) is 66.3 Å². The van der Waals surface area contributed by atoms with Gasteiger partial charge in [-0.1, -0.05) is 74.5 Å². The molecule has 45 heavy (non-hydrogen) atoms. The van der Waals surface area contributed by atoms with E-state index in [0.29, 0.717) is 34.0 Å². The van der Waals surface area contributed by atoms with Crippen molar-refractivity contribution in [1.29, 1.82) is 0 Å². The fourth-order valence-electron chi connectivity index (χ4n) is 4.94. The van der Waals surface area contributed by atoms with Crippen LogP contribution in [0.4, 0.5) is 23.7 Å². The van der Waals surface area contributed by atoms with Crippen molar-refractivity contribution in [3.05, 3.63) is 89.2 Å². The maximum Gasteiger partial charge on any atom is 0.573 e. The van der Waals surface area contributed by atoms with Gasteiger partial charge in [0.1, 0.15) is 12.1 Å². The van der Waals surface area contributed by atoms with Crippen molar-refractivity contribution >= 4 is 40.2 Å². The van der Waals surface area contributed by atoms with Crippen LogP contribution in [0.2, 0.25) is 5.02 Å². The van der Waals surface area contributed by atoms with E-state index in [0.717, 1.165) is 41.1 Å². The van der Waals surface area contributed by atoms with Crippen molar-refractivity contribution in [2.45, 2.75) is 51.9 Å². The van der Waals surface area contributed by atoms with E-state index >= 15 is 0 Å². The Morgan fingerprint density at radius 1 is 1.11 bits per heavy atom. The van der Waals surface area contributed by atoms with Gasteiger partial charge in [-0.2, -0.15) is 4.99 Å². The topological polar surface area (TPSA) is 84.6 Å². The Hall–Kier alpha value is -4.03. The van der Waals surface area contributed by atoms with Gasteiger partial charge in [-0.25, -0.2) is 14.5 Å². The number of urea groups is 1. The van der Waals surface area contributed by atoms with Crippen LogP contribution in [-0.2, 0) is 6.42 Å². The molecule has 1 unspecified atom stereocenters. The Kier molecular flexibility index (Phi) is 10.0. The van der Waals surface area contributed by atoms with Gasteiger partial charge < -0.3 is 15.0 Å². The number of hydrogen-bond donors (Lipinski definition) is 1. The molecule has 4 aromatic rings. The second-order valence-electron chi connectivity index (χ2n) is 10.8. The molecule has 0 spiro atoms. The second kappa shape index (κ2) is 13.9. The van der Waals surface area contributed by atoms with E-state index in [9.17, 15) is 18.0 Å². The molecule has 1 atom stereocenters. The molecule has 1 aliphatic rings. The van der Waals surface area contributed by atoms with Crippen molar-refractivity contribution in [3.8, 4) is 22.8 Å². The molecule has 1 saturated heterocycles. The zero-order valence-electron chi connectivity index (χ0n) is 24.9. The molecule has 0 saturated carbocycles. The van der Waals surface area contributed by atoms with Crippen molar-refractivity contribution < 1.29 is 22.7 Å². The van der Waals surface area contributed by atoms with Gasteiger partial charge in [0.2, 0.25) is 0 Å². The molecule has 1 N–H and O–H groups in total. The van der Waals surface area contributed by atoms with Crippen LogP contribution >= 0.6 is 23.4 Å². The average Bonchev–Trinajstić information content (AvgIpc) is 3.67. The predicted octanol–water partition coefficient (Wildman–Crippen LogP) is 8.25. The number of alkyl halides is 3. The molecule has 3 aromatic carbocycles. The maximum absolute atomic E-state index is 13.0. The molecule has 1 aromatic heterocycles. The second-order valence-corrected chi connectivity index (χ2v) is 12.3. The number of carbonyl (C=O) groups is 1. The lowest BCUT2D eigenvalue weighted by Crippen LogP contribution is -2.35. The molecule has 2 amide bonds. The van der Waals surface area contributed by atoms with Gasteiger partial charge in [0.15, 0.2) is 11.0 Å². The van der Waals surface area contributed by atoms with Gasteiger partial charge in [0, 0.05) is 34.6 Å². The van der Waals surface area contributed by atoms with Gasteiger partial charge >= 0.3 is 12.4 Å². The predicted molar refractivity (Wildman–Crippen MR) is 173 cm³/mol. The van der Waals surface area contributed by atoms with Crippen LogP contribution < -0.4 is 15.0 Å². The van der Waals surface area contributed by atoms with Crippen molar-refractivity contribution in [1.82, 2.24) is 20.1 Å². The fraction of sp³-hybridized carbons (Fsp3) is 0.312. The number of ether oxygens (including phenoxy) is 1. The lowest BCUT2D eigenvalue weighted by Gasteiger charge is -2.23. The van der Waals surface area contributed by atoms with E-state index < -0.39 is 6.36 Å². The number of nitrogens with one attached hydrogen (secondary N) is 1. The summed E-state index contributed by atoms with van der Waals surface area (Å²) >= 11 is 7.87. The van der Waals surface area contributed by atoms with Crippen LogP contribution in [0.15, 0.2) is 78.0 Å². The molecule has 8 nitrogen and oxygen atoms in total. The largest absolute Gasteiger partial charge is 0.573 e. The molecule has 1 aliphatic heterocycles. The Morgan fingerprint density at radius 2 is 1.84 bits per heavy atom. The van der Waals surface area contributed by atoms with Crippen molar-refractivity contribution in [3.63, 3.8) is 0 Å². The highest BCUT2D eigenvalue weighted by Gasteiger charge is 2.31. The number of aliphatic imine (C=N–C) groups is 1. The van der Waals surface area contributed by atoms with Crippen LogP contribution in [0.3, 0.4) is 0 Å². The third kappa shape index (κ3) is 8.37. The van der Waals surface area contributed by atoms with E-state index in [4.69, 9.17) is 11.6 Å². The number of benzene rings is 3. The van der Waals surface area contributed by atoms with E-state index in [-0.39, 0.29) is 17.8 Å². The molecule has 236 valence electrons. The molecule has 2 heterocycles. The first-order valence-electron chi connectivity index (χ1n) is 14.4. The third-order valence-electron chi connectivity index (χ3n) is 7.22. The van der Waals surface area contributed by atoms with Crippen LogP contribution in [0.1, 0.15) is 44.2 Å². The van der Waals surface area contributed by atoms with E-state index in [1.807, 2.05) is 49.4 Å². The molecular formula is C32H32ClF3N6O2S. The molecule has 1 fully saturated rings. The standard InChI is InChI=1S/C32H32ClF3N6O2S/c1-4-24(38-30(43)39-31-41(15-16-45-31)28-18-23(33)9-14-27(28)20(2)3)17-21-5-7-22(8-6-21)29-37-19-42(40-29)25-10-12-26(13-11-25)44-32(34,35)36/h5-14,18-20,24H,4,15-17H2,1-3H3,(H,38,43). The maximum atomic E-state index is 13.0. The SMILES string of the molecule is CCC(Cc1ccc(-c2ncn(-c3ccc(OC(F)(F)F)cc3)n2)cc1)NC(=O)N=C1SCCN1c1cc(Cl)ccc1C(C)C. The summed E-state index contributed by atoms with van der Waals surface area (Å²) in [7, 11) is 0. The molecule has 0 bridgehead atoms. The number of hydrogen-bond acceptors (Lipinski definition) is 5. The first-order chi connectivity index (χ1) is 21.5. The first-order valence-corrected chi connectivity index (χ1v) is 15.8. The van der Waals surface area contributed by atoms with E-state index in [1.54, 1.807) is 11.8 Å². The Bertz CT molecular complexity index is 1660. The number of aromatic nitrogens is 3. The normalized spacial score (nSPS) is 15.1. The van der Waals surface area contributed by atoms with Crippen LogP contribution in [0.5, 0.6) is 5.75 Å². The summed E-state index contributed by atoms with van der Waals surface area (Å²) in [6, 6.07) is 18.4. The minimum absolute atomic E-state index is 0.119. The number of anilines is 1. The number of amidine groups is 1. The smallest absolute Gasteiger partial charge is 0.406 e. The van der Waals surface area contributed by atoms with Gasteiger partial charge in [0.05, 0.1) is 5.69 Å². The fourth-order valence-corrected chi connectivity index (χ4v) is 6.06. The van der Waals surface area contributed by atoms with Crippen molar-refractivity contribution in [2.24, 2.45) is 4.99 Å². The minimum Gasteiger partial charge on any atom is -0.406 e. The zero-order chi connectivity index (χ0) is 32.1. The number of halogens is 4. The number of rotatable bonds is 9. The minimum atomic E-state index is -4.75. The Labute approximate surface area is 268 Å². The summed E-state index contributed by atoms with van der Waals surface area (Å²) in [6.45, 7) is 7.02. The quantitative estimate of drug-likeness (QED) is 0.195. The summed E-state index contributed by atoms with van der Waals surface area (Å²) in [6.07, 6.45) is -1.92. The number of thioether (sulfide) groups is 1. The van der Waals surface area contributed by atoms with Crippen LogP contribution in [0, 0.1) is 0 Å². The average molecular weight is 657 g/mol. The number of amides is 2. The molecule has 5 rings (SSSR count). The van der Waals surface area contributed by atoms with E-state index in [2.05, 4.69) is 43.9 Å². The molecule has 13 heteroatoms. The van der Waals surface area contributed by atoms with Crippen LogP contribution in [-0.4, -0.2) is 50.7 Å². The lowest BCUT2D eigenvalue weighted by atomic mass is 10.0. The monoisotopic (exact) mass is 656 g/mol. The summed E-state index contributed by atoms with van der Waals surface area (Å²) in [5.41, 5.74) is 4.47. The van der Waals surface area contributed by atoms with E-state index in [1.165, 1.54) is 35.3 Å². The number of nitrogens with zero attached hydrogens (tertiary/aromatic N) is 5. The summed E-state index contributed by atoms with van der Waals surface area (Å²) < 4.78 is 42.7. The third-order valence-corrected chi connectivity index (χ3v) is 8.41. The highest BCUT2D eigenvalue weighted by molar-refractivity contribution is 8.14.